The Hall–Kier alpha value is -2.14. The summed E-state index contributed by atoms with van der Waals surface area (Å²) in [6.07, 6.45) is 4.48. The molecule has 1 radical (unpaired) electrons. The fourth-order valence-corrected chi connectivity index (χ4v) is 1.73. The van der Waals surface area contributed by atoms with Gasteiger partial charge >= 0.3 is 0 Å². The summed E-state index contributed by atoms with van der Waals surface area (Å²) in [5.41, 5.74) is 7.18. The number of nitrogens with one attached hydrogen (secondary N) is 2. The molecule has 2 rings (SSSR count). The maximum Gasteiger partial charge on any atom is 0.284 e. The van der Waals surface area contributed by atoms with Crippen LogP contribution in [0.4, 0.5) is 0 Å². The number of carbonyl (C=O) groups is 1. The van der Waals surface area contributed by atoms with Crippen molar-refractivity contribution in [3.8, 4) is 0 Å². The van der Waals surface area contributed by atoms with Crippen molar-refractivity contribution >= 4 is 5.91 Å². The number of nitrogens with two attached hydrogens (primary N) is 1. The van der Waals surface area contributed by atoms with E-state index in [4.69, 9.17) is 5.73 Å². The van der Waals surface area contributed by atoms with Crippen molar-refractivity contribution in [2.45, 2.75) is 13.0 Å². The van der Waals surface area contributed by atoms with E-state index >= 15 is 0 Å². The second-order valence-corrected chi connectivity index (χ2v) is 4.21. The molecule has 1 heterocycles. The fraction of sp³-hybridized carbons (Fsp3) is 0.214. The first-order chi connectivity index (χ1) is 9.25. The average Bonchev–Trinajstić information content (AvgIpc) is 2.89. The Morgan fingerprint density at radius 2 is 2.16 bits per heavy atom. The van der Waals surface area contributed by atoms with Gasteiger partial charge in [-0.2, -0.15) is 0 Å². The predicted octanol–water partition coefficient (Wildman–Crippen LogP) is 1.05. The highest BCUT2D eigenvalue weighted by atomic mass is 16.1. The lowest BCUT2D eigenvalue weighted by molar-refractivity contribution is 0.0991. The van der Waals surface area contributed by atoms with Gasteiger partial charge < -0.3 is 16.0 Å². The molecule has 2 aromatic rings. The van der Waals surface area contributed by atoms with Crippen molar-refractivity contribution in [2.75, 3.05) is 6.54 Å². The van der Waals surface area contributed by atoms with Crippen LogP contribution in [0.3, 0.4) is 0 Å². The van der Waals surface area contributed by atoms with Crippen molar-refractivity contribution in [3.05, 3.63) is 60.0 Å². The Labute approximate surface area is 112 Å². The van der Waals surface area contributed by atoms with Gasteiger partial charge in [-0.1, -0.05) is 30.3 Å². The molecule has 0 fully saturated rings. The maximum absolute atomic E-state index is 10.9. The third-order valence-corrected chi connectivity index (χ3v) is 2.68. The Balaban J connectivity index is 1.65. The zero-order valence-electron chi connectivity index (χ0n) is 10.6. The summed E-state index contributed by atoms with van der Waals surface area (Å²) in [6, 6.07) is 10.2. The van der Waals surface area contributed by atoms with Crippen LogP contribution >= 0.6 is 0 Å². The number of imidazole rings is 1. The van der Waals surface area contributed by atoms with Gasteiger partial charge in [0.1, 0.15) is 0 Å². The minimum absolute atomic E-state index is 0.209. The Kier molecular flexibility index (Phi) is 4.69. The molecule has 5 heteroatoms. The van der Waals surface area contributed by atoms with E-state index in [0.29, 0.717) is 6.42 Å². The molecule has 0 saturated carbocycles. The van der Waals surface area contributed by atoms with E-state index in [2.05, 4.69) is 33.8 Å². The first kappa shape index (κ1) is 13.3. The van der Waals surface area contributed by atoms with Gasteiger partial charge in [-0.05, 0) is 24.9 Å². The minimum atomic E-state index is -0.534. The third kappa shape index (κ3) is 4.22. The van der Waals surface area contributed by atoms with Crippen LogP contribution in [0.25, 0.3) is 0 Å². The number of benzene rings is 1. The SMILES string of the molecule is NC(=O)c1nc(C[CH]CNCc2ccccc2)c[nH]1. The van der Waals surface area contributed by atoms with E-state index in [1.54, 1.807) is 6.20 Å². The molecule has 1 aromatic heterocycles. The van der Waals surface area contributed by atoms with E-state index in [1.165, 1.54) is 5.56 Å². The number of H-pyrrole nitrogens is 1. The number of hydrogen-bond acceptors (Lipinski definition) is 3. The molecular weight excluding hydrogens is 240 g/mol. The smallest absolute Gasteiger partial charge is 0.284 e. The van der Waals surface area contributed by atoms with Gasteiger partial charge in [0.2, 0.25) is 0 Å². The van der Waals surface area contributed by atoms with Gasteiger partial charge in [0.05, 0.1) is 5.69 Å². The monoisotopic (exact) mass is 257 g/mol. The lowest BCUT2D eigenvalue weighted by atomic mass is 10.2. The summed E-state index contributed by atoms with van der Waals surface area (Å²) in [5.74, 6) is -0.325. The highest BCUT2D eigenvalue weighted by molar-refractivity contribution is 5.88. The summed E-state index contributed by atoms with van der Waals surface area (Å²) in [4.78, 5) is 17.7. The van der Waals surface area contributed by atoms with Crippen LogP contribution < -0.4 is 11.1 Å². The van der Waals surface area contributed by atoms with Gasteiger partial charge in [0.25, 0.3) is 5.91 Å². The van der Waals surface area contributed by atoms with E-state index in [1.807, 2.05) is 18.2 Å². The molecule has 0 spiro atoms. The number of amides is 1. The van der Waals surface area contributed by atoms with Crippen molar-refractivity contribution in [1.82, 2.24) is 15.3 Å². The molecule has 1 aromatic carbocycles. The molecule has 5 nitrogen and oxygen atoms in total. The highest BCUT2D eigenvalue weighted by Crippen LogP contribution is 2.00. The molecule has 1 amide bonds. The Morgan fingerprint density at radius 1 is 1.37 bits per heavy atom. The number of rotatable bonds is 7. The first-order valence-corrected chi connectivity index (χ1v) is 6.16. The van der Waals surface area contributed by atoms with E-state index < -0.39 is 5.91 Å². The zero-order valence-corrected chi connectivity index (χ0v) is 10.6. The van der Waals surface area contributed by atoms with Gasteiger partial charge in [-0.3, -0.25) is 4.79 Å². The molecular formula is C14H17N4O. The molecule has 99 valence electrons. The highest BCUT2D eigenvalue weighted by Gasteiger charge is 2.05. The molecule has 0 aliphatic carbocycles. The lowest BCUT2D eigenvalue weighted by Gasteiger charge is -2.03. The molecule has 19 heavy (non-hydrogen) atoms. The topological polar surface area (TPSA) is 83.8 Å². The minimum Gasteiger partial charge on any atom is -0.363 e. The quantitative estimate of drug-likeness (QED) is 0.648. The molecule has 0 unspecified atom stereocenters. The van der Waals surface area contributed by atoms with Gasteiger partial charge in [0, 0.05) is 12.7 Å². The van der Waals surface area contributed by atoms with E-state index in [0.717, 1.165) is 18.8 Å². The first-order valence-electron chi connectivity index (χ1n) is 6.16. The molecule has 0 atom stereocenters. The van der Waals surface area contributed by atoms with Crippen LogP contribution in [0.2, 0.25) is 0 Å². The summed E-state index contributed by atoms with van der Waals surface area (Å²) in [7, 11) is 0. The summed E-state index contributed by atoms with van der Waals surface area (Å²) >= 11 is 0. The number of primary amides is 1. The second kappa shape index (κ2) is 6.70. The molecule has 0 bridgehead atoms. The predicted molar refractivity (Wildman–Crippen MR) is 73.3 cm³/mol. The average molecular weight is 257 g/mol. The standard InChI is InChI=1S/C14H17N4O/c15-13(19)14-17-10-12(18-14)7-4-8-16-9-11-5-2-1-3-6-11/h1-6,10,16H,7-9H2,(H2,15,19)(H,17,18). The van der Waals surface area contributed by atoms with Gasteiger partial charge in [0.15, 0.2) is 5.82 Å². The van der Waals surface area contributed by atoms with Crippen LogP contribution in [0, 0.1) is 6.42 Å². The third-order valence-electron chi connectivity index (χ3n) is 2.68. The van der Waals surface area contributed by atoms with Gasteiger partial charge in [-0.25, -0.2) is 4.98 Å². The maximum atomic E-state index is 10.9. The van der Waals surface area contributed by atoms with Crippen molar-refractivity contribution in [1.29, 1.82) is 0 Å². The number of aromatic amines is 1. The Bertz CT molecular complexity index is 521. The largest absolute Gasteiger partial charge is 0.363 e. The van der Waals surface area contributed by atoms with Crippen molar-refractivity contribution < 1.29 is 4.79 Å². The number of nitrogens with zero attached hydrogens (tertiary/aromatic N) is 1. The molecule has 0 aliphatic rings. The lowest BCUT2D eigenvalue weighted by Crippen LogP contribution is -2.16. The van der Waals surface area contributed by atoms with Crippen molar-refractivity contribution in [2.24, 2.45) is 5.73 Å². The summed E-state index contributed by atoms with van der Waals surface area (Å²) < 4.78 is 0. The van der Waals surface area contributed by atoms with Crippen LogP contribution in [-0.2, 0) is 13.0 Å². The second-order valence-electron chi connectivity index (χ2n) is 4.21. The summed E-state index contributed by atoms with van der Waals surface area (Å²) in [6.45, 7) is 1.62. The van der Waals surface area contributed by atoms with Crippen LogP contribution in [0.15, 0.2) is 36.5 Å². The molecule has 0 saturated heterocycles. The van der Waals surface area contributed by atoms with E-state index in [-0.39, 0.29) is 5.82 Å². The van der Waals surface area contributed by atoms with Gasteiger partial charge in [-0.15, -0.1) is 0 Å². The van der Waals surface area contributed by atoms with E-state index in [9.17, 15) is 4.79 Å². The van der Waals surface area contributed by atoms with Crippen molar-refractivity contribution in [3.63, 3.8) is 0 Å². The Morgan fingerprint density at radius 3 is 2.84 bits per heavy atom. The zero-order chi connectivity index (χ0) is 13.5. The van der Waals surface area contributed by atoms with Crippen LogP contribution in [0.5, 0.6) is 0 Å². The molecule has 0 aliphatic heterocycles. The number of hydrogen-bond donors (Lipinski definition) is 3. The summed E-state index contributed by atoms with van der Waals surface area (Å²) in [5, 5.41) is 3.32. The number of aromatic nitrogens is 2. The molecule has 4 N–H and O–H groups in total. The van der Waals surface area contributed by atoms with Crippen LogP contribution in [0.1, 0.15) is 21.9 Å². The fourth-order valence-electron chi connectivity index (χ4n) is 1.73. The normalized spacial score (nSPS) is 10.5. The number of carbonyl (C=O) groups excluding carboxylic acids is 1. The van der Waals surface area contributed by atoms with Crippen LogP contribution in [-0.4, -0.2) is 22.4 Å².